The molecule has 17 heteroatoms. The molecule has 3 N–H and O–H groups in total. The fraction of sp³-hybridized carbons (Fsp3) is 0.523. The first-order chi connectivity index (χ1) is 29.6. The van der Waals surface area contributed by atoms with Gasteiger partial charge in [-0.2, -0.15) is 10.2 Å². The Hall–Kier alpha value is -5.49. The van der Waals surface area contributed by atoms with E-state index in [1.807, 2.05) is 26.1 Å². The number of pyridine rings is 2. The van der Waals surface area contributed by atoms with E-state index in [0.29, 0.717) is 34.4 Å². The average molecular weight is 833 g/mol. The van der Waals surface area contributed by atoms with Crippen molar-refractivity contribution in [3.8, 4) is 0 Å². The number of ether oxygens (including phenoxy) is 2. The van der Waals surface area contributed by atoms with Crippen LogP contribution in [0.4, 0.5) is 0 Å². The number of aromatic amines is 2. The Balaban J connectivity index is 0.000000144. The number of rotatable bonds is 7. The van der Waals surface area contributed by atoms with Gasteiger partial charge in [-0.05, 0) is 81.7 Å². The van der Waals surface area contributed by atoms with E-state index < -0.39 is 0 Å². The Morgan fingerprint density at radius 3 is 1.72 bits per heavy atom. The lowest BCUT2D eigenvalue weighted by molar-refractivity contribution is 0.0831. The maximum absolute atomic E-state index is 12.8. The summed E-state index contributed by atoms with van der Waals surface area (Å²) in [6, 6.07) is 7.74. The Kier molecular flexibility index (Phi) is 13.2. The van der Waals surface area contributed by atoms with Crippen molar-refractivity contribution < 1.29 is 14.3 Å². The van der Waals surface area contributed by atoms with Crippen LogP contribution >= 0.6 is 0 Å². The molecule has 4 aliphatic heterocycles. The number of hydrogen-bond donors (Lipinski definition) is 3. The highest BCUT2D eigenvalue weighted by Gasteiger charge is 2.34. The third-order valence-electron chi connectivity index (χ3n) is 12.4. The van der Waals surface area contributed by atoms with Gasteiger partial charge in [-0.1, -0.05) is 19.9 Å². The number of hydrogen-bond acceptors (Lipinski definition) is 13. The molecule has 4 unspecified atom stereocenters. The third-order valence-corrected chi connectivity index (χ3v) is 12.4. The molecule has 17 nitrogen and oxygen atoms in total. The van der Waals surface area contributed by atoms with E-state index >= 15 is 0 Å². The number of aryl methyl sites for hydroxylation is 2. The van der Waals surface area contributed by atoms with Crippen LogP contribution in [-0.4, -0.2) is 113 Å². The van der Waals surface area contributed by atoms with Crippen molar-refractivity contribution in [2.45, 2.75) is 83.6 Å². The van der Waals surface area contributed by atoms with Crippen LogP contribution in [0.25, 0.3) is 11.0 Å². The Bertz CT molecular complexity index is 2520. The fourth-order valence-corrected chi connectivity index (χ4v) is 8.80. The number of carbonyl (C=O) groups is 1. The zero-order chi connectivity index (χ0) is 42.5. The first-order valence-electron chi connectivity index (χ1n) is 21.5. The molecule has 0 saturated carbocycles. The summed E-state index contributed by atoms with van der Waals surface area (Å²) in [6.45, 7) is 15.8. The van der Waals surface area contributed by atoms with Crippen molar-refractivity contribution in [2.75, 3.05) is 52.6 Å². The van der Waals surface area contributed by atoms with E-state index in [1.54, 1.807) is 33.7 Å². The highest BCUT2D eigenvalue weighted by molar-refractivity contribution is 5.73. The van der Waals surface area contributed by atoms with E-state index in [0.717, 1.165) is 126 Å². The zero-order valence-electron chi connectivity index (χ0n) is 35.4. The number of nitrogens with one attached hydrogen (secondary N) is 3. The molecule has 4 saturated heterocycles. The van der Waals surface area contributed by atoms with Crippen LogP contribution in [0.2, 0.25) is 0 Å². The lowest BCUT2D eigenvalue weighted by atomic mass is 9.97. The maximum atomic E-state index is 12.8. The highest BCUT2D eigenvalue weighted by Crippen LogP contribution is 2.32. The lowest BCUT2D eigenvalue weighted by Crippen LogP contribution is -2.24. The molecule has 0 aliphatic carbocycles. The molecule has 4 fully saturated rings. The summed E-state index contributed by atoms with van der Waals surface area (Å²) in [5, 5.41) is 13.0. The van der Waals surface area contributed by atoms with Crippen LogP contribution in [0.3, 0.4) is 0 Å². The van der Waals surface area contributed by atoms with Gasteiger partial charge < -0.3 is 24.8 Å². The molecule has 0 amide bonds. The van der Waals surface area contributed by atoms with Gasteiger partial charge in [0.05, 0.1) is 12.4 Å². The predicted octanol–water partition coefficient (Wildman–Crippen LogP) is 4.09. The van der Waals surface area contributed by atoms with Crippen molar-refractivity contribution in [1.82, 2.24) is 59.3 Å². The molecule has 0 bridgehead atoms. The Morgan fingerprint density at radius 1 is 0.672 bits per heavy atom. The van der Waals surface area contributed by atoms with E-state index in [2.05, 4.69) is 66.1 Å². The predicted molar refractivity (Wildman–Crippen MR) is 228 cm³/mol. The standard InChI is InChI=1S/C22H28N6O2.C15H21N5O2.C7H7NO/c1-14-11-27(12-16-4-3-15(2)23-9-16)13-18(14)20-25-22(29)19-10-24-21(28(19)26-20)17-5-7-30-8-6-17;1-9-6-16-7-11(9)13-18-15(21)12-8-17-14(20(12)19-13)10-2-4-22-5-3-10;1-6-2-3-7(5-9)4-8-6/h3-4,9-10,14,17-18H,5-8,11-13H2,1-2H3,(H,25,26,29);8-11,16H,2-7H2,1H3,(H,18,19,21);2-5H,1H3. The molecule has 0 spiro atoms. The van der Waals surface area contributed by atoms with Gasteiger partial charge in [0.15, 0.2) is 17.3 Å². The smallest absolute Gasteiger partial charge is 0.276 e. The number of likely N-dealkylation sites (tertiary alicyclic amines) is 1. The highest BCUT2D eigenvalue weighted by atomic mass is 16.5. The molecule has 6 aromatic rings. The first-order valence-corrected chi connectivity index (χ1v) is 21.5. The molecule has 10 heterocycles. The monoisotopic (exact) mass is 832 g/mol. The number of imidazole rings is 2. The van der Waals surface area contributed by atoms with Crippen LogP contribution in [0.15, 0.2) is 58.6 Å². The molecule has 322 valence electrons. The summed E-state index contributed by atoms with van der Waals surface area (Å²) >= 11 is 0. The van der Waals surface area contributed by atoms with Crippen LogP contribution in [0.5, 0.6) is 0 Å². The minimum absolute atomic E-state index is 0.102. The number of fused-ring (bicyclic) bond motifs is 2. The van der Waals surface area contributed by atoms with E-state index in [1.165, 1.54) is 5.56 Å². The van der Waals surface area contributed by atoms with Crippen molar-refractivity contribution in [2.24, 2.45) is 11.8 Å². The van der Waals surface area contributed by atoms with Gasteiger partial charge in [-0.15, -0.1) is 0 Å². The third kappa shape index (κ3) is 9.70. The van der Waals surface area contributed by atoms with Gasteiger partial charge in [0, 0.05) is 106 Å². The van der Waals surface area contributed by atoms with Crippen molar-refractivity contribution in [3.63, 3.8) is 0 Å². The summed E-state index contributed by atoms with van der Waals surface area (Å²) in [5.74, 6) is 5.21. The van der Waals surface area contributed by atoms with Gasteiger partial charge in [0.25, 0.3) is 11.1 Å². The minimum Gasteiger partial charge on any atom is -0.381 e. The van der Waals surface area contributed by atoms with Crippen molar-refractivity contribution in [1.29, 1.82) is 0 Å². The number of carbonyl (C=O) groups excluding carboxylic acids is 1. The summed E-state index contributed by atoms with van der Waals surface area (Å²) in [6.07, 6.45) is 11.3. The Labute approximate surface area is 353 Å². The van der Waals surface area contributed by atoms with Crippen LogP contribution < -0.4 is 16.4 Å². The molecular weight excluding hydrogens is 777 g/mol. The number of aromatic nitrogens is 10. The summed E-state index contributed by atoms with van der Waals surface area (Å²) in [5.41, 5.74) is 4.64. The van der Waals surface area contributed by atoms with Gasteiger partial charge in [0.2, 0.25) is 0 Å². The summed E-state index contributed by atoms with van der Waals surface area (Å²) < 4.78 is 14.4. The summed E-state index contributed by atoms with van der Waals surface area (Å²) in [4.78, 5) is 61.0. The lowest BCUT2D eigenvalue weighted by Gasteiger charge is -2.21. The summed E-state index contributed by atoms with van der Waals surface area (Å²) in [7, 11) is 0. The maximum Gasteiger partial charge on any atom is 0.276 e. The Morgan fingerprint density at radius 2 is 1.23 bits per heavy atom. The number of H-pyrrole nitrogens is 2. The van der Waals surface area contributed by atoms with E-state index in [4.69, 9.17) is 19.7 Å². The average Bonchev–Trinajstić information content (AvgIpc) is 4.09. The van der Waals surface area contributed by atoms with Gasteiger partial charge >= 0.3 is 0 Å². The zero-order valence-corrected chi connectivity index (χ0v) is 35.4. The second kappa shape index (κ2) is 19.1. The second-order valence-electron chi connectivity index (χ2n) is 17.0. The second-order valence-corrected chi connectivity index (χ2v) is 17.0. The number of nitrogens with zero attached hydrogens (tertiary/aromatic N) is 9. The largest absolute Gasteiger partial charge is 0.381 e. The van der Waals surface area contributed by atoms with Crippen LogP contribution in [0, 0.1) is 25.7 Å². The SMILES string of the molecule is CC1CNCC1c1nn2c(C3CCOCC3)ncc2c(=O)[nH]1.Cc1ccc(C=O)cn1.Cc1ccc(CN2CC(C)C(c3nn4c(C5CCOCC5)ncc4c(=O)[nH]3)C2)cn1. The van der Waals surface area contributed by atoms with Gasteiger partial charge in [0.1, 0.15) is 23.3 Å². The first kappa shape index (κ1) is 42.2. The van der Waals surface area contributed by atoms with Crippen molar-refractivity contribution in [3.05, 3.63) is 116 Å². The molecule has 10 rings (SSSR count). The van der Waals surface area contributed by atoms with E-state index in [9.17, 15) is 14.4 Å². The molecule has 6 aromatic heterocycles. The van der Waals surface area contributed by atoms with Gasteiger partial charge in [-0.25, -0.2) is 19.0 Å². The minimum atomic E-state index is -0.112. The molecule has 0 radical (unpaired) electrons. The van der Waals surface area contributed by atoms with Crippen molar-refractivity contribution >= 4 is 17.3 Å². The molecule has 4 atom stereocenters. The molecule has 61 heavy (non-hydrogen) atoms. The van der Waals surface area contributed by atoms with Crippen LogP contribution in [0.1, 0.15) is 114 Å². The number of aldehydes is 1. The quantitative estimate of drug-likeness (QED) is 0.195. The van der Waals surface area contributed by atoms with Gasteiger partial charge in [-0.3, -0.25) is 29.3 Å². The normalized spacial score (nSPS) is 22.5. The topological polar surface area (TPSA) is 203 Å². The fourth-order valence-electron chi connectivity index (χ4n) is 8.80. The molecular formula is C44H56N12O5. The van der Waals surface area contributed by atoms with Crippen LogP contribution in [-0.2, 0) is 16.0 Å². The molecule has 4 aliphatic rings. The van der Waals surface area contributed by atoms with E-state index in [-0.39, 0.29) is 28.9 Å². The molecule has 0 aromatic carbocycles.